The lowest BCUT2D eigenvalue weighted by Crippen LogP contribution is -2.40. The monoisotopic (exact) mass is 243 g/mol. The lowest BCUT2D eigenvalue weighted by Gasteiger charge is -2.26. The fourth-order valence-corrected chi connectivity index (χ4v) is 2.42. The zero-order valence-corrected chi connectivity index (χ0v) is 12.4. The topological polar surface area (TPSA) is 21.3 Å². The Morgan fingerprint density at radius 3 is 2.12 bits per heavy atom. The van der Waals surface area contributed by atoms with E-state index in [-0.39, 0.29) is 0 Å². The van der Waals surface area contributed by atoms with Gasteiger partial charge in [-0.25, -0.2) is 0 Å². The summed E-state index contributed by atoms with van der Waals surface area (Å²) in [7, 11) is 1.85. The van der Waals surface area contributed by atoms with E-state index in [2.05, 4.69) is 26.1 Å². The van der Waals surface area contributed by atoms with Crippen LogP contribution in [0.25, 0.3) is 0 Å². The molecule has 0 amide bonds. The third-order valence-electron chi connectivity index (χ3n) is 3.41. The van der Waals surface area contributed by atoms with Crippen molar-refractivity contribution in [2.75, 3.05) is 13.7 Å². The Hall–Kier alpha value is -0.0800. The number of hydrogen-bond donors (Lipinski definition) is 1. The summed E-state index contributed by atoms with van der Waals surface area (Å²) in [6.07, 6.45) is 10.8. The van der Waals surface area contributed by atoms with Crippen LogP contribution in [0.5, 0.6) is 0 Å². The summed E-state index contributed by atoms with van der Waals surface area (Å²) in [6.45, 7) is 7.73. The largest absolute Gasteiger partial charge is 0.380 e. The van der Waals surface area contributed by atoms with Crippen LogP contribution < -0.4 is 5.32 Å². The van der Waals surface area contributed by atoms with Crippen molar-refractivity contribution >= 4 is 0 Å². The summed E-state index contributed by atoms with van der Waals surface area (Å²) in [4.78, 5) is 0. The van der Waals surface area contributed by atoms with Gasteiger partial charge in [-0.2, -0.15) is 0 Å². The van der Waals surface area contributed by atoms with Crippen molar-refractivity contribution in [3.8, 4) is 0 Å². The van der Waals surface area contributed by atoms with E-state index >= 15 is 0 Å². The molecular weight excluding hydrogens is 210 g/mol. The highest BCUT2D eigenvalue weighted by Gasteiger charge is 2.18. The molecule has 0 fully saturated rings. The predicted octanol–water partition coefficient (Wildman–Crippen LogP) is 4.14. The van der Waals surface area contributed by atoms with E-state index in [4.69, 9.17) is 4.74 Å². The zero-order valence-electron chi connectivity index (χ0n) is 12.4. The number of unbranched alkanes of at least 4 members (excludes halogenated alkanes) is 4. The Morgan fingerprint density at radius 2 is 1.59 bits per heavy atom. The molecule has 104 valence electrons. The summed E-state index contributed by atoms with van der Waals surface area (Å²) in [6, 6.07) is 0.548. The summed E-state index contributed by atoms with van der Waals surface area (Å²) in [5.41, 5.74) is 0. The van der Waals surface area contributed by atoms with Crippen molar-refractivity contribution < 1.29 is 4.74 Å². The molecule has 2 nitrogen and oxygen atoms in total. The molecular formula is C15H33NO. The van der Waals surface area contributed by atoms with Crippen molar-refractivity contribution in [3.63, 3.8) is 0 Å². The van der Waals surface area contributed by atoms with Crippen molar-refractivity contribution in [2.24, 2.45) is 0 Å². The predicted molar refractivity (Wildman–Crippen MR) is 76.5 cm³/mol. The first-order valence-corrected chi connectivity index (χ1v) is 7.56. The van der Waals surface area contributed by atoms with Gasteiger partial charge >= 0.3 is 0 Å². The third kappa shape index (κ3) is 8.62. The maximum Gasteiger partial charge on any atom is 0.0724 e. The first-order valence-electron chi connectivity index (χ1n) is 7.56. The molecule has 0 spiro atoms. The Balaban J connectivity index is 3.86. The number of rotatable bonds is 12. The molecule has 0 aliphatic carbocycles. The molecule has 0 bridgehead atoms. The van der Waals surface area contributed by atoms with E-state index in [1.54, 1.807) is 0 Å². The molecule has 0 rings (SSSR count). The molecule has 2 atom stereocenters. The number of ether oxygens (including phenoxy) is 1. The second-order valence-electron chi connectivity index (χ2n) is 4.93. The minimum Gasteiger partial charge on any atom is -0.380 e. The van der Waals surface area contributed by atoms with Crippen LogP contribution in [0.2, 0.25) is 0 Å². The molecule has 0 aliphatic rings. The Kier molecular flexibility index (Phi) is 12.3. The van der Waals surface area contributed by atoms with Crippen molar-refractivity contribution in [3.05, 3.63) is 0 Å². The molecule has 2 heteroatoms. The fraction of sp³-hybridized carbons (Fsp3) is 1.00. The smallest absolute Gasteiger partial charge is 0.0724 e. The first-order chi connectivity index (χ1) is 8.29. The molecule has 0 heterocycles. The van der Waals surface area contributed by atoms with Gasteiger partial charge in [-0.05, 0) is 19.4 Å². The highest BCUT2D eigenvalue weighted by atomic mass is 16.5. The van der Waals surface area contributed by atoms with Gasteiger partial charge in [0.2, 0.25) is 0 Å². The second-order valence-corrected chi connectivity index (χ2v) is 4.93. The van der Waals surface area contributed by atoms with Crippen LogP contribution in [-0.4, -0.2) is 25.8 Å². The SMILES string of the molecule is CCCCCCCC(NCC)C(CCC)OC. The summed E-state index contributed by atoms with van der Waals surface area (Å²) >= 11 is 0. The van der Waals surface area contributed by atoms with Crippen LogP contribution in [0.15, 0.2) is 0 Å². The molecule has 1 N–H and O–H groups in total. The van der Waals surface area contributed by atoms with Crippen LogP contribution in [-0.2, 0) is 4.74 Å². The average molecular weight is 243 g/mol. The number of likely N-dealkylation sites (N-methyl/N-ethyl adjacent to an activating group) is 1. The molecule has 0 saturated carbocycles. The van der Waals surface area contributed by atoms with Crippen LogP contribution in [0, 0.1) is 0 Å². The van der Waals surface area contributed by atoms with Crippen LogP contribution in [0.3, 0.4) is 0 Å². The van der Waals surface area contributed by atoms with Gasteiger partial charge < -0.3 is 10.1 Å². The van der Waals surface area contributed by atoms with Crippen LogP contribution in [0.1, 0.15) is 72.1 Å². The Bertz CT molecular complexity index is 150. The Morgan fingerprint density at radius 1 is 0.882 bits per heavy atom. The van der Waals surface area contributed by atoms with E-state index in [9.17, 15) is 0 Å². The van der Waals surface area contributed by atoms with E-state index in [0.717, 1.165) is 6.54 Å². The van der Waals surface area contributed by atoms with E-state index in [1.165, 1.54) is 51.4 Å². The number of methoxy groups -OCH3 is 1. The van der Waals surface area contributed by atoms with Gasteiger partial charge in [-0.1, -0.05) is 59.3 Å². The normalized spacial score (nSPS) is 14.8. The highest BCUT2D eigenvalue weighted by molar-refractivity contribution is 4.76. The second kappa shape index (κ2) is 12.4. The van der Waals surface area contributed by atoms with Gasteiger partial charge in [-0.3, -0.25) is 0 Å². The quantitative estimate of drug-likeness (QED) is 0.520. The average Bonchev–Trinajstić information content (AvgIpc) is 2.34. The van der Waals surface area contributed by atoms with Crippen molar-refractivity contribution in [1.29, 1.82) is 0 Å². The molecule has 0 radical (unpaired) electrons. The summed E-state index contributed by atoms with van der Waals surface area (Å²) < 4.78 is 5.62. The van der Waals surface area contributed by atoms with E-state index in [1.807, 2.05) is 7.11 Å². The summed E-state index contributed by atoms with van der Waals surface area (Å²) in [5, 5.41) is 3.58. The van der Waals surface area contributed by atoms with Crippen LogP contribution >= 0.6 is 0 Å². The minimum atomic E-state index is 0.395. The Labute approximate surface area is 109 Å². The van der Waals surface area contributed by atoms with Crippen molar-refractivity contribution in [2.45, 2.75) is 84.3 Å². The number of hydrogen-bond acceptors (Lipinski definition) is 2. The lowest BCUT2D eigenvalue weighted by atomic mass is 9.99. The highest BCUT2D eigenvalue weighted by Crippen LogP contribution is 2.14. The number of nitrogens with one attached hydrogen (secondary N) is 1. The van der Waals surface area contributed by atoms with Gasteiger partial charge in [0.25, 0.3) is 0 Å². The van der Waals surface area contributed by atoms with E-state index in [0.29, 0.717) is 12.1 Å². The van der Waals surface area contributed by atoms with Crippen LogP contribution in [0.4, 0.5) is 0 Å². The molecule has 0 aromatic carbocycles. The van der Waals surface area contributed by atoms with Gasteiger partial charge in [0.15, 0.2) is 0 Å². The van der Waals surface area contributed by atoms with Gasteiger partial charge in [-0.15, -0.1) is 0 Å². The maximum absolute atomic E-state index is 5.62. The zero-order chi connectivity index (χ0) is 12.9. The molecule has 0 aromatic rings. The van der Waals surface area contributed by atoms with Gasteiger partial charge in [0.05, 0.1) is 6.10 Å². The minimum absolute atomic E-state index is 0.395. The molecule has 0 aromatic heterocycles. The fourth-order valence-electron chi connectivity index (χ4n) is 2.42. The van der Waals surface area contributed by atoms with Crippen molar-refractivity contribution in [1.82, 2.24) is 5.32 Å². The standard InChI is InChI=1S/C15H33NO/c1-5-8-9-10-11-13-14(16-7-3)15(17-4)12-6-2/h14-16H,5-13H2,1-4H3. The molecule has 17 heavy (non-hydrogen) atoms. The van der Waals surface area contributed by atoms with Gasteiger partial charge in [0.1, 0.15) is 0 Å². The first kappa shape index (κ1) is 16.9. The molecule has 2 unspecified atom stereocenters. The molecule has 0 saturated heterocycles. The third-order valence-corrected chi connectivity index (χ3v) is 3.41. The maximum atomic E-state index is 5.62. The van der Waals surface area contributed by atoms with E-state index < -0.39 is 0 Å². The van der Waals surface area contributed by atoms with Gasteiger partial charge in [0, 0.05) is 13.2 Å². The molecule has 0 aliphatic heterocycles. The lowest BCUT2D eigenvalue weighted by molar-refractivity contribution is 0.0577. The summed E-state index contributed by atoms with van der Waals surface area (Å²) in [5.74, 6) is 0.